The van der Waals surface area contributed by atoms with Crippen LogP contribution in [0.25, 0.3) is 10.9 Å². The van der Waals surface area contributed by atoms with E-state index in [9.17, 15) is 10.2 Å². The van der Waals surface area contributed by atoms with Gasteiger partial charge >= 0.3 is 0 Å². The maximum Gasteiger partial charge on any atom is 0.134 e. The van der Waals surface area contributed by atoms with Crippen LogP contribution in [0.2, 0.25) is 5.15 Å². The van der Waals surface area contributed by atoms with E-state index in [1.807, 2.05) is 35.2 Å². The highest BCUT2D eigenvalue weighted by Crippen LogP contribution is 2.23. The van der Waals surface area contributed by atoms with Crippen molar-refractivity contribution in [2.45, 2.75) is 18.8 Å². The van der Waals surface area contributed by atoms with Gasteiger partial charge in [0, 0.05) is 30.6 Å². The number of likely N-dealkylation sites (tertiary alicyclic amines) is 1. The van der Waals surface area contributed by atoms with Crippen LogP contribution >= 0.6 is 11.6 Å². The summed E-state index contributed by atoms with van der Waals surface area (Å²) in [4.78, 5) is 6.35. The number of nitrogens with zero attached hydrogens (tertiary/aromatic N) is 2. The number of aromatic nitrogens is 1. The molecular formula is C14H15ClN2O2. The fraction of sp³-hybridized carbons (Fsp3) is 0.357. The second-order valence-electron chi connectivity index (χ2n) is 4.96. The number of hydrogen-bond acceptors (Lipinski definition) is 4. The highest BCUT2D eigenvalue weighted by molar-refractivity contribution is 6.30. The van der Waals surface area contributed by atoms with Gasteiger partial charge in [-0.3, -0.25) is 4.90 Å². The molecule has 0 spiro atoms. The van der Waals surface area contributed by atoms with Crippen LogP contribution in [0, 0.1) is 0 Å². The molecule has 1 aliphatic rings. The molecule has 1 aromatic heterocycles. The Bertz CT molecular complexity index is 595. The van der Waals surface area contributed by atoms with Crippen LogP contribution in [0.15, 0.2) is 30.3 Å². The fourth-order valence-electron chi connectivity index (χ4n) is 2.46. The van der Waals surface area contributed by atoms with E-state index in [2.05, 4.69) is 4.98 Å². The molecule has 1 saturated heterocycles. The van der Waals surface area contributed by atoms with E-state index in [4.69, 9.17) is 11.6 Å². The number of β-amino-alcohol motifs (C(OH)–C–C–N with tert-alkyl or cyclic N) is 2. The topological polar surface area (TPSA) is 56.6 Å². The molecule has 2 heterocycles. The Morgan fingerprint density at radius 1 is 1.21 bits per heavy atom. The second kappa shape index (κ2) is 5.06. The van der Waals surface area contributed by atoms with Gasteiger partial charge in [0.1, 0.15) is 5.15 Å². The van der Waals surface area contributed by atoms with Gasteiger partial charge < -0.3 is 10.2 Å². The third kappa shape index (κ3) is 2.58. The summed E-state index contributed by atoms with van der Waals surface area (Å²) in [5.41, 5.74) is 1.79. The quantitative estimate of drug-likeness (QED) is 0.816. The van der Waals surface area contributed by atoms with Gasteiger partial charge in [-0.05, 0) is 12.1 Å². The van der Waals surface area contributed by atoms with Crippen LogP contribution in [0.3, 0.4) is 0 Å². The molecule has 4 nitrogen and oxygen atoms in total. The molecule has 2 unspecified atom stereocenters. The van der Waals surface area contributed by atoms with E-state index < -0.39 is 12.2 Å². The van der Waals surface area contributed by atoms with Gasteiger partial charge in [-0.15, -0.1) is 0 Å². The minimum Gasteiger partial charge on any atom is -0.389 e. The average molecular weight is 279 g/mol. The number of halogens is 1. The summed E-state index contributed by atoms with van der Waals surface area (Å²) < 4.78 is 0. The van der Waals surface area contributed by atoms with Gasteiger partial charge in [-0.25, -0.2) is 4.98 Å². The number of benzene rings is 1. The third-order valence-electron chi connectivity index (χ3n) is 3.48. The minimum atomic E-state index is -0.674. The zero-order valence-electron chi connectivity index (χ0n) is 10.3. The van der Waals surface area contributed by atoms with Gasteiger partial charge in [0.15, 0.2) is 0 Å². The van der Waals surface area contributed by atoms with Crippen molar-refractivity contribution in [3.63, 3.8) is 0 Å². The molecule has 0 bridgehead atoms. The van der Waals surface area contributed by atoms with Crippen molar-refractivity contribution in [3.05, 3.63) is 41.0 Å². The van der Waals surface area contributed by atoms with Gasteiger partial charge in [-0.1, -0.05) is 29.8 Å². The molecule has 2 aromatic rings. The molecule has 0 radical (unpaired) electrons. The standard InChI is InChI=1S/C14H15ClN2O2/c15-14-10(6-17-7-12(18)13(19)8-17)5-9-3-1-2-4-11(9)16-14/h1-5,12-13,18-19H,6-8H2. The largest absolute Gasteiger partial charge is 0.389 e. The number of aliphatic hydroxyl groups is 2. The van der Waals surface area contributed by atoms with Crippen molar-refractivity contribution < 1.29 is 10.2 Å². The Labute approximate surface area is 116 Å². The van der Waals surface area contributed by atoms with E-state index in [-0.39, 0.29) is 0 Å². The lowest BCUT2D eigenvalue weighted by Gasteiger charge is -2.15. The molecular weight excluding hydrogens is 264 g/mol. The zero-order valence-corrected chi connectivity index (χ0v) is 11.1. The van der Waals surface area contributed by atoms with E-state index in [0.717, 1.165) is 16.5 Å². The predicted molar refractivity (Wildman–Crippen MR) is 74.0 cm³/mol. The zero-order chi connectivity index (χ0) is 13.4. The molecule has 0 saturated carbocycles. The highest BCUT2D eigenvalue weighted by atomic mass is 35.5. The summed E-state index contributed by atoms with van der Waals surface area (Å²) >= 11 is 6.19. The fourth-order valence-corrected chi connectivity index (χ4v) is 2.67. The summed E-state index contributed by atoms with van der Waals surface area (Å²) in [5.74, 6) is 0. The van der Waals surface area contributed by atoms with Crippen LogP contribution < -0.4 is 0 Å². The first-order valence-electron chi connectivity index (χ1n) is 6.26. The van der Waals surface area contributed by atoms with Crippen LogP contribution in [0.4, 0.5) is 0 Å². The summed E-state index contributed by atoms with van der Waals surface area (Å²) in [5, 5.41) is 20.6. The average Bonchev–Trinajstić information content (AvgIpc) is 2.69. The SMILES string of the molecule is OC1CN(Cc2cc3ccccc3nc2Cl)CC1O. The maximum absolute atomic E-state index is 9.55. The van der Waals surface area contributed by atoms with Gasteiger partial charge in [0.25, 0.3) is 0 Å². The molecule has 0 amide bonds. The molecule has 0 aliphatic carbocycles. The van der Waals surface area contributed by atoms with Gasteiger partial charge in [-0.2, -0.15) is 0 Å². The third-order valence-corrected chi connectivity index (χ3v) is 3.81. The number of para-hydroxylation sites is 1. The minimum absolute atomic E-state index is 0.463. The Hall–Kier alpha value is -1.20. The summed E-state index contributed by atoms with van der Waals surface area (Å²) in [7, 11) is 0. The van der Waals surface area contributed by atoms with E-state index >= 15 is 0 Å². The summed E-state index contributed by atoms with van der Waals surface area (Å²) in [6, 6.07) is 9.83. The normalized spacial score (nSPS) is 24.2. The number of fused-ring (bicyclic) bond motifs is 1. The Morgan fingerprint density at radius 2 is 1.89 bits per heavy atom. The van der Waals surface area contributed by atoms with Crippen LogP contribution in [-0.4, -0.2) is 45.4 Å². The molecule has 5 heteroatoms. The van der Waals surface area contributed by atoms with Crippen LogP contribution in [0.5, 0.6) is 0 Å². The molecule has 1 fully saturated rings. The van der Waals surface area contributed by atoms with Crippen molar-refractivity contribution in [2.24, 2.45) is 0 Å². The number of hydrogen-bond donors (Lipinski definition) is 2. The van der Waals surface area contributed by atoms with E-state index in [1.165, 1.54) is 0 Å². The molecule has 3 rings (SSSR count). The maximum atomic E-state index is 9.55. The molecule has 19 heavy (non-hydrogen) atoms. The lowest BCUT2D eigenvalue weighted by molar-refractivity contribution is 0.0572. The first-order valence-corrected chi connectivity index (χ1v) is 6.64. The number of aliphatic hydroxyl groups excluding tert-OH is 2. The molecule has 1 aliphatic heterocycles. The first kappa shape index (κ1) is 12.8. The first-order chi connectivity index (χ1) is 9.13. The van der Waals surface area contributed by atoms with Crippen LogP contribution in [0.1, 0.15) is 5.56 Å². The molecule has 1 aromatic carbocycles. The van der Waals surface area contributed by atoms with Crippen molar-refractivity contribution in [1.82, 2.24) is 9.88 Å². The smallest absolute Gasteiger partial charge is 0.134 e. The highest BCUT2D eigenvalue weighted by Gasteiger charge is 2.29. The monoisotopic (exact) mass is 278 g/mol. The second-order valence-corrected chi connectivity index (χ2v) is 5.32. The summed E-state index contributed by atoms with van der Waals surface area (Å²) in [6.45, 7) is 1.51. The Kier molecular flexibility index (Phi) is 3.41. The van der Waals surface area contributed by atoms with Gasteiger partial charge in [0.05, 0.1) is 17.7 Å². The lowest BCUT2D eigenvalue weighted by Crippen LogP contribution is -2.22. The van der Waals surface area contributed by atoms with Gasteiger partial charge in [0.2, 0.25) is 0 Å². The number of rotatable bonds is 2. The van der Waals surface area contributed by atoms with Crippen molar-refractivity contribution in [3.8, 4) is 0 Å². The molecule has 2 atom stereocenters. The lowest BCUT2D eigenvalue weighted by atomic mass is 10.1. The predicted octanol–water partition coefficient (Wildman–Crippen LogP) is 1.43. The Morgan fingerprint density at radius 3 is 2.63 bits per heavy atom. The van der Waals surface area contributed by atoms with E-state index in [0.29, 0.717) is 24.8 Å². The number of pyridine rings is 1. The van der Waals surface area contributed by atoms with Crippen LogP contribution in [-0.2, 0) is 6.54 Å². The van der Waals surface area contributed by atoms with Crippen molar-refractivity contribution in [2.75, 3.05) is 13.1 Å². The Balaban J connectivity index is 1.87. The summed E-state index contributed by atoms with van der Waals surface area (Å²) in [6.07, 6.45) is -1.35. The molecule has 2 N–H and O–H groups in total. The van der Waals surface area contributed by atoms with Crippen molar-refractivity contribution in [1.29, 1.82) is 0 Å². The molecule has 100 valence electrons. The van der Waals surface area contributed by atoms with E-state index in [1.54, 1.807) is 0 Å². The van der Waals surface area contributed by atoms with Crippen molar-refractivity contribution >= 4 is 22.5 Å².